The maximum Gasteiger partial charge on any atom is 0.134 e. The average Bonchev–Trinajstić information content (AvgIpc) is 2.85. The quantitative estimate of drug-likeness (QED) is 0.824. The van der Waals surface area contributed by atoms with Crippen molar-refractivity contribution in [3.8, 4) is 5.75 Å². The lowest BCUT2D eigenvalue weighted by atomic mass is 10.2. The van der Waals surface area contributed by atoms with E-state index in [4.69, 9.17) is 9.47 Å². The van der Waals surface area contributed by atoms with Crippen molar-refractivity contribution in [2.24, 2.45) is 0 Å². The Morgan fingerprint density at radius 2 is 2.64 bits per heavy atom. The minimum absolute atomic E-state index is 0.516. The number of hydrogen-bond donors (Lipinski definition) is 1. The Bertz CT molecular complexity index is 281. The van der Waals surface area contributed by atoms with Crippen LogP contribution in [-0.2, 0) is 11.3 Å². The molecule has 1 fully saturated rings. The highest BCUT2D eigenvalue weighted by molar-refractivity contribution is 7.10. The van der Waals surface area contributed by atoms with Crippen LogP contribution in [0.15, 0.2) is 11.4 Å². The summed E-state index contributed by atoms with van der Waals surface area (Å²) >= 11 is 1.73. The highest BCUT2D eigenvalue weighted by atomic mass is 32.1. The second-order valence-electron chi connectivity index (χ2n) is 3.35. The molecule has 1 atom stereocenters. The van der Waals surface area contributed by atoms with Gasteiger partial charge in [0.2, 0.25) is 0 Å². The third-order valence-electron chi connectivity index (χ3n) is 2.41. The number of ether oxygens (including phenoxy) is 2. The molecule has 1 aliphatic rings. The SMILES string of the molecule is COc1ccsc1CNC1CCOC1. The number of rotatable bonds is 4. The molecular weight excluding hydrogens is 198 g/mol. The molecular formula is C10H15NO2S. The zero-order chi connectivity index (χ0) is 9.80. The first kappa shape index (κ1) is 9.96. The molecule has 1 aliphatic heterocycles. The molecule has 78 valence electrons. The van der Waals surface area contributed by atoms with Gasteiger partial charge in [0, 0.05) is 19.2 Å². The Balaban J connectivity index is 1.84. The molecule has 0 aromatic carbocycles. The van der Waals surface area contributed by atoms with Crippen LogP contribution in [0, 0.1) is 0 Å². The number of methoxy groups -OCH3 is 1. The van der Waals surface area contributed by atoms with Crippen LogP contribution >= 0.6 is 11.3 Å². The van der Waals surface area contributed by atoms with Crippen LogP contribution < -0.4 is 10.1 Å². The summed E-state index contributed by atoms with van der Waals surface area (Å²) in [7, 11) is 1.71. The van der Waals surface area contributed by atoms with Gasteiger partial charge in [-0.15, -0.1) is 11.3 Å². The first-order chi connectivity index (χ1) is 6.90. The Kier molecular flexibility index (Phi) is 3.39. The Labute approximate surface area is 88.0 Å². The van der Waals surface area contributed by atoms with Gasteiger partial charge in [-0.05, 0) is 17.9 Å². The van der Waals surface area contributed by atoms with Crippen LogP contribution in [0.25, 0.3) is 0 Å². The minimum atomic E-state index is 0.516. The molecule has 4 heteroatoms. The molecule has 2 rings (SSSR count). The number of thiophene rings is 1. The summed E-state index contributed by atoms with van der Waals surface area (Å²) in [5.74, 6) is 0.987. The van der Waals surface area contributed by atoms with Crippen molar-refractivity contribution < 1.29 is 9.47 Å². The topological polar surface area (TPSA) is 30.5 Å². The van der Waals surface area contributed by atoms with Gasteiger partial charge in [0.1, 0.15) is 5.75 Å². The normalized spacial score (nSPS) is 21.4. The third kappa shape index (κ3) is 2.26. The fraction of sp³-hybridized carbons (Fsp3) is 0.600. The van der Waals surface area contributed by atoms with Gasteiger partial charge in [0.25, 0.3) is 0 Å². The third-order valence-corrected chi connectivity index (χ3v) is 3.31. The second-order valence-corrected chi connectivity index (χ2v) is 4.35. The highest BCUT2D eigenvalue weighted by Gasteiger charge is 2.15. The van der Waals surface area contributed by atoms with Crippen LogP contribution in [0.4, 0.5) is 0 Å². The lowest BCUT2D eigenvalue weighted by molar-refractivity contribution is 0.190. The van der Waals surface area contributed by atoms with E-state index in [0.29, 0.717) is 6.04 Å². The second kappa shape index (κ2) is 4.77. The molecule has 1 aromatic rings. The van der Waals surface area contributed by atoms with E-state index in [-0.39, 0.29) is 0 Å². The molecule has 1 N–H and O–H groups in total. The number of nitrogens with one attached hydrogen (secondary N) is 1. The molecule has 0 aliphatic carbocycles. The first-order valence-corrected chi connectivity index (χ1v) is 5.69. The fourth-order valence-corrected chi connectivity index (χ4v) is 2.36. The van der Waals surface area contributed by atoms with Crippen molar-refractivity contribution in [1.29, 1.82) is 0 Å². The molecule has 0 saturated carbocycles. The van der Waals surface area contributed by atoms with Gasteiger partial charge in [0.05, 0.1) is 18.6 Å². The van der Waals surface area contributed by atoms with Gasteiger partial charge >= 0.3 is 0 Å². The van der Waals surface area contributed by atoms with E-state index in [0.717, 1.165) is 31.9 Å². The summed E-state index contributed by atoms with van der Waals surface area (Å²) in [4.78, 5) is 1.26. The smallest absolute Gasteiger partial charge is 0.134 e. The minimum Gasteiger partial charge on any atom is -0.496 e. The summed E-state index contributed by atoms with van der Waals surface area (Å²) in [6.45, 7) is 2.61. The molecule has 0 radical (unpaired) electrons. The van der Waals surface area contributed by atoms with Crippen LogP contribution in [0.2, 0.25) is 0 Å². The largest absolute Gasteiger partial charge is 0.496 e. The Morgan fingerprint density at radius 1 is 1.71 bits per heavy atom. The molecule has 3 nitrogen and oxygen atoms in total. The van der Waals surface area contributed by atoms with Crippen molar-refractivity contribution in [2.45, 2.75) is 19.0 Å². The molecule has 2 heterocycles. The Hall–Kier alpha value is -0.580. The fourth-order valence-electron chi connectivity index (χ4n) is 1.57. The van der Waals surface area contributed by atoms with Crippen molar-refractivity contribution >= 4 is 11.3 Å². The first-order valence-electron chi connectivity index (χ1n) is 4.81. The van der Waals surface area contributed by atoms with E-state index in [1.165, 1.54) is 4.88 Å². The highest BCUT2D eigenvalue weighted by Crippen LogP contribution is 2.24. The van der Waals surface area contributed by atoms with Gasteiger partial charge < -0.3 is 14.8 Å². The molecule has 14 heavy (non-hydrogen) atoms. The summed E-state index contributed by atoms with van der Waals surface area (Å²) in [5, 5.41) is 5.52. The van der Waals surface area contributed by atoms with Gasteiger partial charge in [0.15, 0.2) is 0 Å². The van der Waals surface area contributed by atoms with Gasteiger partial charge in [-0.2, -0.15) is 0 Å². The summed E-state index contributed by atoms with van der Waals surface area (Å²) in [5.41, 5.74) is 0. The lowest BCUT2D eigenvalue weighted by Gasteiger charge is -2.09. The van der Waals surface area contributed by atoms with Crippen LogP contribution in [0.3, 0.4) is 0 Å². The van der Waals surface area contributed by atoms with Gasteiger partial charge in [-0.3, -0.25) is 0 Å². The molecule has 0 bridgehead atoms. The Morgan fingerprint density at radius 3 is 3.36 bits per heavy atom. The van der Waals surface area contributed by atoms with Crippen molar-refractivity contribution in [3.63, 3.8) is 0 Å². The number of hydrogen-bond acceptors (Lipinski definition) is 4. The van der Waals surface area contributed by atoms with Crippen molar-refractivity contribution in [1.82, 2.24) is 5.32 Å². The van der Waals surface area contributed by atoms with Gasteiger partial charge in [-0.1, -0.05) is 0 Å². The average molecular weight is 213 g/mol. The predicted octanol–water partition coefficient (Wildman–Crippen LogP) is 1.64. The van der Waals surface area contributed by atoms with Crippen LogP contribution in [0.1, 0.15) is 11.3 Å². The maximum absolute atomic E-state index is 5.29. The van der Waals surface area contributed by atoms with E-state index >= 15 is 0 Å². The summed E-state index contributed by atoms with van der Waals surface area (Å²) < 4.78 is 10.5. The van der Waals surface area contributed by atoms with Crippen LogP contribution in [0.5, 0.6) is 5.75 Å². The lowest BCUT2D eigenvalue weighted by Crippen LogP contribution is -2.28. The summed E-state index contributed by atoms with van der Waals surface area (Å²) in [6.07, 6.45) is 1.12. The van der Waals surface area contributed by atoms with E-state index in [2.05, 4.69) is 10.7 Å². The zero-order valence-corrected chi connectivity index (χ0v) is 9.10. The van der Waals surface area contributed by atoms with E-state index in [1.807, 2.05) is 6.07 Å². The summed E-state index contributed by atoms with van der Waals surface area (Å²) in [6, 6.07) is 2.52. The van der Waals surface area contributed by atoms with E-state index in [1.54, 1.807) is 18.4 Å². The monoisotopic (exact) mass is 213 g/mol. The zero-order valence-electron chi connectivity index (χ0n) is 8.29. The molecule has 0 amide bonds. The predicted molar refractivity (Wildman–Crippen MR) is 56.9 cm³/mol. The molecule has 1 aromatic heterocycles. The maximum atomic E-state index is 5.29. The molecule has 1 unspecified atom stereocenters. The van der Waals surface area contributed by atoms with Crippen molar-refractivity contribution in [3.05, 3.63) is 16.3 Å². The van der Waals surface area contributed by atoms with Gasteiger partial charge in [-0.25, -0.2) is 0 Å². The van der Waals surface area contributed by atoms with E-state index in [9.17, 15) is 0 Å². The molecule has 1 saturated heterocycles. The van der Waals surface area contributed by atoms with Crippen LogP contribution in [-0.4, -0.2) is 26.4 Å². The van der Waals surface area contributed by atoms with E-state index < -0.39 is 0 Å². The standard InChI is InChI=1S/C10H15NO2S/c1-12-9-3-5-14-10(9)6-11-8-2-4-13-7-8/h3,5,8,11H,2,4,6-7H2,1H3. The van der Waals surface area contributed by atoms with Crippen molar-refractivity contribution in [2.75, 3.05) is 20.3 Å². The molecule has 0 spiro atoms.